The zero-order chi connectivity index (χ0) is 19.4. The van der Waals surface area contributed by atoms with Gasteiger partial charge in [-0.1, -0.05) is 19.9 Å². The average Bonchev–Trinajstić information content (AvgIpc) is 2.98. The van der Waals surface area contributed by atoms with E-state index in [1.807, 2.05) is 18.2 Å². The van der Waals surface area contributed by atoms with Crippen LogP contribution in [0.4, 0.5) is 0 Å². The molecule has 0 bridgehead atoms. The zero-order valence-corrected chi connectivity index (χ0v) is 16.6. The van der Waals surface area contributed by atoms with Gasteiger partial charge in [-0.05, 0) is 36.5 Å². The van der Waals surface area contributed by atoms with Gasteiger partial charge in [0, 0.05) is 38.3 Å². The Hall–Kier alpha value is -1.79. The number of carboxylic acids is 1. The number of rotatable bonds is 7. The first kappa shape index (κ1) is 20.0. The van der Waals surface area contributed by atoms with Crippen LogP contribution in [0.25, 0.3) is 0 Å². The maximum absolute atomic E-state index is 11.8. The van der Waals surface area contributed by atoms with E-state index in [2.05, 4.69) is 18.7 Å². The molecule has 1 unspecified atom stereocenters. The molecule has 0 saturated carbocycles. The second-order valence-electron chi connectivity index (χ2n) is 8.23. The molecule has 0 aromatic heterocycles. The van der Waals surface area contributed by atoms with Gasteiger partial charge >= 0.3 is 5.97 Å². The number of carbonyl (C=O) groups is 1. The topological polar surface area (TPSA) is 68.2 Å². The van der Waals surface area contributed by atoms with Crippen LogP contribution in [0, 0.1) is 17.3 Å². The van der Waals surface area contributed by atoms with E-state index in [4.69, 9.17) is 14.2 Å². The van der Waals surface area contributed by atoms with Crippen molar-refractivity contribution in [2.24, 2.45) is 17.3 Å². The number of likely N-dealkylation sites (tertiary alicyclic amines) is 1. The predicted molar refractivity (Wildman–Crippen MR) is 102 cm³/mol. The summed E-state index contributed by atoms with van der Waals surface area (Å²) in [6, 6.07) is 5.99. The van der Waals surface area contributed by atoms with Crippen molar-refractivity contribution in [3.63, 3.8) is 0 Å². The van der Waals surface area contributed by atoms with E-state index < -0.39 is 5.97 Å². The van der Waals surface area contributed by atoms with Crippen molar-refractivity contribution in [3.8, 4) is 11.5 Å². The minimum atomic E-state index is -0.686. The van der Waals surface area contributed by atoms with E-state index in [0.29, 0.717) is 38.8 Å². The molecule has 150 valence electrons. The largest absolute Gasteiger partial charge is 0.493 e. The van der Waals surface area contributed by atoms with Gasteiger partial charge in [-0.15, -0.1) is 0 Å². The van der Waals surface area contributed by atoms with Crippen molar-refractivity contribution in [1.29, 1.82) is 0 Å². The Morgan fingerprint density at radius 1 is 1.33 bits per heavy atom. The minimum Gasteiger partial charge on any atom is -0.493 e. The smallest absolute Gasteiger partial charge is 0.308 e. The molecule has 6 heteroatoms. The molecule has 2 saturated heterocycles. The van der Waals surface area contributed by atoms with E-state index in [1.165, 1.54) is 0 Å². The highest BCUT2D eigenvalue weighted by atomic mass is 16.5. The Kier molecular flexibility index (Phi) is 6.27. The van der Waals surface area contributed by atoms with E-state index in [9.17, 15) is 9.90 Å². The standard InChI is InChI=1S/C21H31NO5/c1-15(2)13-27-18-5-4-16(10-19(18)25-3)11-22-12-17(20(23)24)21(14-22)6-8-26-9-7-21/h4-5,10,15,17H,6-9,11-14H2,1-3H3,(H,23,24). The number of carboxylic acid groups (broad SMARTS) is 1. The molecule has 2 aliphatic rings. The number of hydrogen-bond donors (Lipinski definition) is 1. The number of hydrogen-bond acceptors (Lipinski definition) is 5. The quantitative estimate of drug-likeness (QED) is 0.788. The van der Waals surface area contributed by atoms with Crippen LogP contribution in [0.3, 0.4) is 0 Å². The van der Waals surface area contributed by atoms with Crippen LogP contribution in [0.5, 0.6) is 11.5 Å². The number of benzene rings is 1. The predicted octanol–water partition coefficient (Wildman–Crippen LogP) is 3.04. The Morgan fingerprint density at radius 2 is 2.07 bits per heavy atom. The highest BCUT2D eigenvalue weighted by molar-refractivity contribution is 5.72. The molecule has 1 aromatic carbocycles. The van der Waals surface area contributed by atoms with E-state index in [1.54, 1.807) is 7.11 Å². The summed E-state index contributed by atoms with van der Waals surface area (Å²) < 4.78 is 16.8. The van der Waals surface area contributed by atoms with Crippen LogP contribution in [-0.2, 0) is 16.1 Å². The van der Waals surface area contributed by atoms with E-state index in [-0.39, 0.29) is 11.3 Å². The summed E-state index contributed by atoms with van der Waals surface area (Å²) in [5.41, 5.74) is 0.950. The van der Waals surface area contributed by atoms with Crippen LogP contribution in [0.2, 0.25) is 0 Å². The van der Waals surface area contributed by atoms with Gasteiger partial charge in [0.05, 0.1) is 19.6 Å². The summed E-state index contributed by atoms with van der Waals surface area (Å²) >= 11 is 0. The Morgan fingerprint density at radius 3 is 2.70 bits per heavy atom. The molecule has 2 heterocycles. The van der Waals surface area contributed by atoms with Crippen LogP contribution < -0.4 is 9.47 Å². The highest BCUT2D eigenvalue weighted by Gasteiger charge is 2.50. The molecule has 0 aliphatic carbocycles. The van der Waals surface area contributed by atoms with Gasteiger partial charge in [-0.25, -0.2) is 0 Å². The lowest BCUT2D eigenvalue weighted by Crippen LogP contribution is -2.40. The van der Waals surface area contributed by atoms with Crippen molar-refractivity contribution in [2.75, 3.05) is 40.0 Å². The van der Waals surface area contributed by atoms with Gasteiger partial charge in [-0.2, -0.15) is 0 Å². The molecule has 1 atom stereocenters. The maximum atomic E-state index is 11.8. The number of nitrogens with zero attached hydrogens (tertiary/aromatic N) is 1. The monoisotopic (exact) mass is 377 g/mol. The first-order valence-electron chi connectivity index (χ1n) is 9.76. The van der Waals surface area contributed by atoms with Crippen molar-refractivity contribution < 1.29 is 24.1 Å². The van der Waals surface area contributed by atoms with Crippen molar-refractivity contribution in [2.45, 2.75) is 33.2 Å². The SMILES string of the molecule is COc1cc(CN2CC(C(=O)O)C3(CCOCC3)C2)ccc1OCC(C)C. The van der Waals surface area contributed by atoms with Gasteiger partial charge in [0.1, 0.15) is 0 Å². The van der Waals surface area contributed by atoms with Crippen LogP contribution >= 0.6 is 0 Å². The van der Waals surface area contributed by atoms with Gasteiger partial charge in [0.15, 0.2) is 11.5 Å². The molecule has 1 aromatic rings. The lowest BCUT2D eigenvalue weighted by atomic mass is 9.72. The molecular weight excluding hydrogens is 346 g/mol. The summed E-state index contributed by atoms with van der Waals surface area (Å²) in [4.78, 5) is 14.1. The molecule has 6 nitrogen and oxygen atoms in total. The third-order valence-corrected chi connectivity index (χ3v) is 5.71. The second-order valence-corrected chi connectivity index (χ2v) is 8.23. The Labute approximate surface area is 161 Å². The van der Waals surface area contributed by atoms with Gasteiger partial charge in [0.25, 0.3) is 0 Å². The van der Waals surface area contributed by atoms with Crippen LogP contribution in [0.15, 0.2) is 18.2 Å². The Balaban J connectivity index is 1.70. The zero-order valence-electron chi connectivity index (χ0n) is 16.6. The molecule has 1 spiro atoms. The first-order chi connectivity index (χ1) is 12.9. The second kappa shape index (κ2) is 8.48. The fourth-order valence-corrected chi connectivity index (χ4v) is 4.26. The minimum absolute atomic E-state index is 0.158. The van der Waals surface area contributed by atoms with E-state index in [0.717, 1.165) is 36.4 Å². The number of aliphatic carboxylic acids is 1. The third kappa shape index (κ3) is 4.55. The van der Waals surface area contributed by atoms with Crippen LogP contribution in [-0.4, -0.2) is 56.0 Å². The van der Waals surface area contributed by atoms with Crippen molar-refractivity contribution >= 4 is 5.97 Å². The summed E-state index contributed by atoms with van der Waals surface area (Å²) in [5, 5.41) is 9.73. The highest BCUT2D eigenvalue weighted by Crippen LogP contribution is 2.45. The fourth-order valence-electron chi connectivity index (χ4n) is 4.26. The van der Waals surface area contributed by atoms with Gasteiger partial charge in [0.2, 0.25) is 0 Å². The molecule has 0 amide bonds. The Bertz CT molecular complexity index is 654. The summed E-state index contributed by atoms with van der Waals surface area (Å²) in [7, 11) is 1.65. The average molecular weight is 377 g/mol. The maximum Gasteiger partial charge on any atom is 0.308 e. The lowest BCUT2D eigenvalue weighted by molar-refractivity contribution is -0.147. The van der Waals surface area contributed by atoms with Crippen molar-refractivity contribution in [1.82, 2.24) is 4.90 Å². The molecule has 27 heavy (non-hydrogen) atoms. The van der Waals surface area contributed by atoms with Crippen molar-refractivity contribution in [3.05, 3.63) is 23.8 Å². The summed E-state index contributed by atoms with van der Waals surface area (Å²) in [6.45, 7) is 8.30. The third-order valence-electron chi connectivity index (χ3n) is 5.71. The molecule has 1 N–H and O–H groups in total. The fraction of sp³-hybridized carbons (Fsp3) is 0.667. The number of ether oxygens (including phenoxy) is 3. The molecule has 0 radical (unpaired) electrons. The normalized spacial score (nSPS) is 22.3. The van der Waals surface area contributed by atoms with Gasteiger partial charge < -0.3 is 19.3 Å². The number of methoxy groups -OCH3 is 1. The molecular formula is C21H31NO5. The summed E-state index contributed by atoms with van der Waals surface area (Å²) in [5.74, 6) is 0.914. The van der Waals surface area contributed by atoms with E-state index >= 15 is 0 Å². The molecule has 2 aliphatic heterocycles. The summed E-state index contributed by atoms with van der Waals surface area (Å²) in [6.07, 6.45) is 1.65. The molecule has 2 fully saturated rings. The molecule has 3 rings (SSSR count). The van der Waals surface area contributed by atoms with Crippen LogP contribution in [0.1, 0.15) is 32.3 Å². The van der Waals surface area contributed by atoms with Gasteiger partial charge in [-0.3, -0.25) is 9.69 Å². The lowest BCUT2D eigenvalue weighted by Gasteiger charge is -2.36. The first-order valence-corrected chi connectivity index (χ1v) is 9.76.